The minimum absolute atomic E-state index is 0.0380. The highest BCUT2D eigenvalue weighted by molar-refractivity contribution is 7.89. The number of alkyl halides is 5. The first kappa shape index (κ1) is 36.3. The molecule has 5 rings (SSSR count). The number of benzene rings is 3. The predicted molar refractivity (Wildman–Crippen MR) is 164 cm³/mol. The summed E-state index contributed by atoms with van der Waals surface area (Å²) in [5.74, 6) is -6.96. The summed E-state index contributed by atoms with van der Waals surface area (Å²) in [6, 6.07) is 11.1. The molecule has 2 aliphatic rings. The zero-order valence-corrected chi connectivity index (χ0v) is 26.8. The summed E-state index contributed by atoms with van der Waals surface area (Å²) < 4.78 is 98.9. The van der Waals surface area contributed by atoms with E-state index in [4.69, 9.17) is 32.0 Å². The van der Waals surface area contributed by atoms with Crippen LogP contribution < -0.4 is 15.2 Å². The van der Waals surface area contributed by atoms with Gasteiger partial charge in [0.15, 0.2) is 6.04 Å². The molecule has 0 radical (unpaired) electrons. The summed E-state index contributed by atoms with van der Waals surface area (Å²) in [6.45, 7) is 3.79. The second-order valence-electron chi connectivity index (χ2n) is 11.7. The highest BCUT2D eigenvalue weighted by Crippen LogP contribution is 2.40. The molecule has 9 nitrogen and oxygen atoms in total. The molecule has 256 valence electrons. The third kappa shape index (κ3) is 8.50. The largest absolute Gasteiger partial charge is 0.491 e. The molecule has 3 aromatic rings. The van der Waals surface area contributed by atoms with E-state index in [1.807, 2.05) is 13.8 Å². The van der Waals surface area contributed by atoms with Gasteiger partial charge in [-0.2, -0.15) is 26.7 Å². The van der Waals surface area contributed by atoms with Gasteiger partial charge in [-0.1, -0.05) is 35.9 Å². The third-order valence-corrected chi connectivity index (χ3v) is 9.52. The number of carboxylic acid groups (broad SMARTS) is 1. The van der Waals surface area contributed by atoms with E-state index in [9.17, 15) is 26.4 Å². The molecule has 0 saturated carbocycles. The smallest absolute Gasteiger partial charge is 0.490 e. The molecule has 2 unspecified atom stereocenters. The molecule has 2 saturated heterocycles. The molecule has 0 spiro atoms. The minimum atomic E-state index is -5.08. The number of piperidine rings is 1. The van der Waals surface area contributed by atoms with Crippen LogP contribution in [0.15, 0.2) is 65.6 Å². The lowest BCUT2D eigenvalue weighted by molar-refractivity contribution is -0.192. The van der Waals surface area contributed by atoms with Gasteiger partial charge in [-0.25, -0.2) is 13.2 Å². The van der Waals surface area contributed by atoms with E-state index in [0.717, 1.165) is 17.5 Å². The molecular weight excluding hydrogens is 673 g/mol. The monoisotopic (exact) mass is 705 g/mol. The normalized spacial score (nSPS) is 20.5. The molecule has 0 aliphatic carbocycles. The van der Waals surface area contributed by atoms with Crippen LogP contribution in [0.5, 0.6) is 5.75 Å². The maximum absolute atomic E-state index is 16.1. The van der Waals surface area contributed by atoms with Crippen molar-refractivity contribution in [2.45, 2.75) is 86.8 Å². The van der Waals surface area contributed by atoms with Gasteiger partial charge >= 0.3 is 12.1 Å². The first-order chi connectivity index (χ1) is 21.8. The van der Waals surface area contributed by atoms with Gasteiger partial charge in [0.25, 0.3) is 5.92 Å². The second kappa shape index (κ2) is 13.9. The quantitative estimate of drug-likeness (QED) is 0.251. The molecule has 2 aliphatic heterocycles. The average molecular weight is 706 g/mol. The second-order valence-corrected chi connectivity index (χ2v) is 13.8. The van der Waals surface area contributed by atoms with Crippen molar-refractivity contribution in [3.05, 3.63) is 71.2 Å². The fourth-order valence-corrected chi connectivity index (χ4v) is 7.13. The highest BCUT2D eigenvalue weighted by atomic mass is 35.5. The van der Waals surface area contributed by atoms with Gasteiger partial charge in [0.1, 0.15) is 5.75 Å². The summed E-state index contributed by atoms with van der Waals surface area (Å²) in [6.07, 6.45) is -2.86. The minimum Gasteiger partial charge on any atom is -0.491 e. The van der Waals surface area contributed by atoms with E-state index < -0.39 is 45.6 Å². The number of fused-ring (bicyclic) bond motifs is 3. The molecule has 16 heteroatoms. The lowest BCUT2D eigenvalue weighted by Gasteiger charge is -2.41. The molecular formula is C31H33ClF5N3O6S. The Morgan fingerprint density at radius 1 is 0.957 bits per heavy atom. The van der Waals surface area contributed by atoms with E-state index in [-0.39, 0.29) is 34.1 Å². The fourth-order valence-electron chi connectivity index (χ4n) is 5.78. The fraction of sp³-hybridized carbons (Fsp3) is 0.419. The Labute approximate surface area is 272 Å². The van der Waals surface area contributed by atoms with Crippen LogP contribution in [0.25, 0.3) is 10.8 Å². The number of amides is 1. The van der Waals surface area contributed by atoms with Crippen molar-refractivity contribution in [1.29, 1.82) is 0 Å². The van der Waals surface area contributed by atoms with E-state index >= 15 is 8.78 Å². The number of nitrogens with two attached hydrogens (primary N) is 1. The lowest BCUT2D eigenvalue weighted by Crippen LogP contribution is -2.60. The number of halogens is 6. The topological polar surface area (TPSA) is 139 Å². The molecule has 2 fully saturated rings. The van der Waals surface area contributed by atoms with E-state index in [0.29, 0.717) is 36.8 Å². The number of nitrogens with zero attached hydrogens (tertiary/aromatic N) is 1. The number of carboxylic acids is 1. The van der Waals surface area contributed by atoms with Crippen LogP contribution in [0.3, 0.4) is 0 Å². The number of hydrogen-bond acceptors (Lipinski definition) is 6. The van der Waals surface area contributed by atoms with Crippen molar-refractivity contribution in [3.63, 3.8) is 0 Å². The number of carbonyl (C=O) groups excluding carboxylic acids is 1. The van der Waals surface area contributed by atoms with Gasteiger partial charge in [0, 0.05) is 28.7 Å². The maximum atomic E-state index is 16.1. The molecule has 2 bridgehead atoms. The number of hydrogen-bond donors (Lipinski definition) is 3. The zero-order chi connectivity index (χ0) is 34.9. The number of sulfonamides is 1. The van der Waals surface area contributed by atoms with Crippen molar-refractivity contribution >= 4 is 44.3 Å². The first-order valence-electron chi connectivity index (χ1n) is 14.5. The molecule has 47 heavy (non-hydrogen) atoms. The number of ether oxygens (including phenoxy) is 1. The van der Waals surface area contributed by atoms with Gasteiger partial charge in [-0.3, -0.25) is 4.79 Å². The summed E-state index contributed by atoms with van der Waals surface area (Å²) in [5.41, 5.74) is 5.60. The molecule has 0 aromatic heterocycles. The van der Waals surface area contributed by atoms with Gasteiger partial charge in [-0.15, -0.1) is 0 Å². The van der Waals surface area contributed by atoms with Crippen LogP contribution in [0.2, 0.25) is 5.02 Å². The molecule has 1 amide bonds. The third-order valence-electron chi connectivity index (χ3n) is 7.84. The van der Waals surface area contributed by atoms with Crippen LogP contribution in [0.4, 0.5) is 22.0 Å². The van der Waals surface area contributed by atoms with E-state index in [1.165, 1.54) is 29.2 Å². The average Bonchev–Trinajstić information content (AvgIpc) is 3.25. The van der Waals surface area contributed by atoms with Crippen molar-refractivity contribution in [3.8, 4) is 5.75 Å². The van der Waals surface area contributed by atoms with Gasteiger partial charge in [0.05, 0.1) is 11.0 Å². The number of aliphatic carboxylic acids is 1. The van der Waals surface area contributed by atoms with Crippen molar-refractivity contribution < 1.29 is 49.8 Å². The van der Waals surface area contributed by atoms with Crippen LogP contribution in [-0.2, 0) is 25.5 Å². The summed E-state index contributed by atoms with van der Waals surface area (Å²) in [5, 5.41) is 8.66. The lowest BCUT2D eigenvalue weighted by atomic mass is 9.95. The van der Waals surface area contributed by atoms with Crippen LogP contribution in [0, 0.1) is 0 Å². The number of nitrogens with one attached hydrogen (secondary N) is 1. The Hall–Kier alpha value is -3.53. The van der Waals surface area contributed by atoms with Crippen molar-refractivity contribution in [1.82, 2.24) is 9.62 Å². The highest BCUT2D eigenvalue weighted by Gasteiger charge is 2.53. The molecule has 3 atom stereocenters. The first-order valence-corrected chi connectivity index (χ1v) is 16.4. The Morgan fingerprint density at radius 3 is 2.02 bits per heavy atom. The molecule has 2 heterocycles. The Balaban J connectivity index is 0.000000644. The van der Waals surface area contributed by atoms with Gasteiger partial charge in [-0.05, 0) is 86.7 Å². The zero-order valence-electron chi connectivity index (χ0n) is 25.2. The summed E-state index contributed by atoms with van der Waals surface area (Å²) in [4.78, 5) is 23.9. The Kier molecular flexibility index (Phi) is 10.7. The van der Waals surface area contributed by atoms with E-state index in [1.54, 1.807) is 24.3 Å². The van der Waals surface area contributed by atoms with Crippen molar-refractivity contribution in [2.24, 2.45) is 5.73 Å². The summed E-state index contributed by atoms with van der Waals surface area (Å²) in [7, 11) is -4.55. The SMILES string of the molecule is CC(C)Oc1ccc2cc(S(=O)(=O)N[C@H](C(=O)N3C4CCC3CC(N)C4)C(F)(F)c3ccc(Cl)cc3)ccc2c1.O=C(O)C(F)(F)F. The molecule has 4 N–H and O–H groups in total. The Morgan fingerprint density at radius 2 is 1.49 bits per heavy atom. The van der Waals surface area contributed by atoms with Crippen molar-refractivity contribution in [2.75, 3.05) is 0 Å². The summed E-state index contributed by atoms with van der Waals surface area (Å²) >= 11 is 5.90. The van der Waals surface area contributed by atoms with Crippen LogP contribution in [0.1, 0.15) is 45.1 Å². The molecule has 3 aromatic carbocycles. The van der Waals surface area contributed by atoms with Gasteiger partial charge in [0.2, 0.25) is 15.9 Å². The van der Waals surface area contributed by atoms with Gasteiger partial charge < -0.3 is 20.5 Å². The maximum Gasteiger partial charge on any atom is 0.490 e. The number of carbonyl (C=O) groups is 2. The van der Waals surface area contributed by atoms with E-state index in [2.05, 4.69) is 4.72 Å². The predicted octanol–water partition coefficient (Wildman–Crippen LogP) is 5.83. The Bertz CT molecular complexity index is 1710. The number of rotatable bonds is 8. The van der Waals surface area contributed by atoms with Crippen LogP contribution in [-0.4, -0.2) is 66.7 Å². The van der Waals surface area contributed by atoms with Crippen LogP contribution >= 0.6 is 11.6 Å². The standard InChI is InChI=1S/C29H32ClF2N3O4S.C2HF3O2/c1-17(2)39-25-11-3-19-14-26(12-4-18(19)13-25)40(37,38)34-27(29(31,32)20-5-7-21(30)8-6-20)28(36)35-23-9-10-24(35)16-22(33)15-23;3-2(4,5)1(6)7/h3-8,11-14,17,22-24,27,34H,9-10,15-16,33H2,1-2H3;(H,6,7)/t22?,23?,24?,27-;/m1./s1.